The van der Waals surface area contributed by atoms with Gasteiger partial charge >= 0.3 is 11.9 Å². The summed E-state index contributed by atoms with van der Waals surface area (Å²) in [6.45, 7) is 0.372. The van der Waals surface area contributed by atoms with Crippen LogP contribution in [-0.4, -0.2) is 53.6 Å². The fourth-order valence-electron chi connectivity index (χ4n) is 2.84. The molecular weight excluding hydrogens is 284 g/mol. The molecule has 0 saturated heterocycles. The van der Waals surface area contributed by atoms with Gasteiger partial charge in [-0.3, -0.25) is 9.59 Å². The third-order valence-corrected chi connectivity index (χ3v) is 3.81. The summed E-state index contributed by atoms with van der Waals surface area (Å²) in [6.07, 6.45) is 0.424. The van der Waals surface area contributed by atoms with Crippen molar-refractivity contribution in [2.45, 2.75) is 6.42 Å². The molecule has 0 aromatic rings. The van der Waals surface area contributed by atoms with E-state index in [1.807, 2.05) is 0 Å². The van der Waals surface area contributed by atoms with E-state index in [0.717, 1.165) is 0 Å². The SMILES string of the molecule is COOCC1CC(C(=O)OC)C(C(=O)OC)C1COOC. The third kappa shape index (κ3) is 4.37. The monoisotopic (exact) mass is 306 g/mol. The molecule has 0 aromatic carbocycles. The Labute approximate surface area is 123 Å². The van der Waals surface area contributed by atoms with Gasteiger partial charge in [0.2, 0.25) is 0 Å². The molecule has 21 heavy (non-hydrogen) atoms. The van der Waals surface area contributed by atoms with E-state index in [4.69, 9.17) is 19.2 Å². The zero-order chi connectivity index (χ0) is 15.8. The number of carbonyl (C=O) groups is 2. The van der Waals surface area contributed by atoms with Crippen molar-refractivity contribution in [1.29, 1.82) is 0 Å². The highest BCUT2D eigenvalue weighted by Gasteiger charge is 2.51. The predicted octanol–water partition coefficient (Wildman–Crippen LogP) is 0.357. The lowest BCUT2D eigenvalue weighted by molar-refractivity contribution is -0.297. The minimum absolute atomic E-state index is 0.117. The van der Waals surface area contributed by atoms with Crippen LogP contribution in [0.1, 0.15) is 6.42 Å². The maximum absolute atomic E-state index is 12.0. The molecule has 8 heteroatoms. The van der Waals surface area contributed by atoms with E-state index in [1.165, 1.54) is 28.4 Å². The zero-order valence-electron chi connectivity index (χ0n) is 12.7. The van der Waals surface area contributed by atoms with Gasteiger partial charge in [0.15, 0.2) is 0 Å². The van der Waals surface area contributed by atoms with Crippen molar-refractivity contribution >= 4 is 11.9 Å². The molecule has 0 spiro atoms. The Balaban J connectivity index is 2.94. The Morgan fingerprint density at radius 1 is 0.905 bits per heavy atom. The Kier molecular flexibility index (Phi) is 7.58. The van der Waals surface area contributed by atoms with Gasteiger partial charge in [0.05, 0.1) is 53.5 Å². The molecule has 0 bridgehead atoms. The number of ether oxygens (including phenoxy) is 2. The van der Waals surface area contributed by atoms with E-state index in [1.54, 1.807) is 0 Å². The maximum atomic E-state index is 12.0. The first-order valence-electron chi connectivity index (χ1n) is 6.57. The van der Waals surface area contributed by atoms with E-state index >= 15 is 0 Å². The van der Waals surface area contributed by atoms with Gasteiger partial charge in [-0.2, -0.15) is 0 Å². The molecule has 0 radical (unpaired) electrons. The number of esters is 2. The van der Waals surface area contributed by atoms with Crippen molar-refractivity contribution < 1.29 is 38.6 Å². The minimum Gasteiger partial charge on any atom is -0.469 e. The predicted molar refractivity (Wildman–Crippen MR) is 68.5 cm³/mol. The number of carbonyl (C=O) groups excluding carboxylic acids is 2. The maximum Gasteiger partial charge on any atom is 0.309 e. The van der Waals surface area contributed by atoms with Gasteiger partial charge in [-0.15, -0.1) is 0 Å². The van der Waals surface area contributed by atoms with Crippen LogP contribution in [0.5, 0.6) is 0 Å². The molecule has 1 rings (SSSR count). The molecule has 1 aliphatic rings. The molecule has 1 saturated carbocycles. The average Bonchev–Trinajstić information content (AvgIpc) is 2.87. The highest BCUT2D eigenvalue weighted by atomic mass is 17.2. The number of methoxy groups -OCH3 is 2. The van der Waals surface area contributed by atoms with Gasteiger partial charge in [-0.25, -0.2) is 19.6 Å². The standard InChI is InChI=1S/C13H22O8/c1-16-12(14)9-5-8(6-20-18-3)10(7-21-19-4)11(9)13(15)17-2/h8-11H,5-7H2,1-4H3. The molecule has 1 aliphatic carbocycles. The summed E-state index contributed by atoms with van der Waals surface area (Å²) in [5, 5.41) is 0. The molecule has 8 nitrogen and oxygen atoms in total. The first kappa shape index (κ1) is 17.8. The molecule has 0 amide bonds. The van der Waals surface area contributed by atoms with Crippen molar-refractivity contribution in [2.75, 3.05) is 41.7 Å². The lowest BCUT2D eigenvalue weighted by Gasteiger charge is -2.23. The van der Waals surface area contributed by atoms with Crippen LogP contribution in [0.25, 0.3) is 0 Å². The molecule has 0 heterocycles. The van der Waals surface area contributed by atoms with E-state index in [-0.39, 0.29) is 25.0 Å². The van der Waals surface area contributed by atoms with Crippen LogP contribution >= 0.6 is 0 Å². The fraction of sp³-hybridized carbons (Fsp3) is 0.846. The number of hydrogen-bond acceptors (Lipinski definition) is 8. The molecular formula is C13H22O8. The van der Waals surface area contributed by atoms with Crippen LogP contribution in [0.4, 0.5) is 0 Å². The van der Waals surface area contributed by atoms with Crippen LogP contribution in [0.2, 0.25) is 0 Å². The lowest BCUT2D eigenvalue weighted by atomic mass is 9.87. The molecule has 4 unspecified atom stereocenters. The van der Waals surface area contributed by atoms with Crippen LogP contribution < -0.4 is 0 Å². The van der Waals surface area contributed by atoms with Gasteiger partial charge in [-0.1, -0.05) is 0 Å². The summed E-state index contributed by atoms with van der Waals surface area (Å²) in [4.78, 5) is 43.1. The second-order valence-electron chi connectivity index (χ2n) is 4.74. The molecule has 122 valence electrons. The number of hydrogen-bond donors (Lipinski definition) is 0. The normalized spacial score (nSPS) is 28.4. The Hall–Kier alpha value is -1.22. The Morgan fingerprint density at radius 2 is 1.48 bits per heavy atom. The average molecular weight is 306 g/mol. The Bertz CT molecular complexity index is 345. The van der Waals surface area contributed by atoms with Crippen molar-refractivity contribution in [3.8, 4) is 0 Å². The lowest BCUT2D eigenvalue weighted by Crippen LogP contribution is -2.34. The first-order chi connectivity index (χ1) is 10.1. The van der Waals surface area contributed by atoms with E-state index in [2.05, 4.69) is 9.78 Å². The van der Waals surface area contributed by atoms with Crippen molar-refractivity contribution in [1.82, 2.24) is 0 Å². The summed E-state index contributed by atoms with van der Waals surface area (Å²) in [6, 6.07) is 0. The zero-order valence-corrected chi connectivity index (χ0v) is 12.7. The molecule has 0 aliphatic heterocycles. The number of rotatable bonds is 8. The van der Waals surface area contributed by atoms with Crippen LogP contribution in [0.15, 0.2) is 0 Å². The molecule has 0 N–H and O–H groups in total. The van der Waals surface area contributed by atoms with Crippen LogP contribution in [0.3, 0.4) is 0 Å². The molecule has 0 aromatic heterocycles. The molecule has 1 fully saturated rings. The second-order valence-corrected chi connectivity index (χ2v) is 4.74. The highest BCUT2D eigenvalue weighted by molar-refractivity contribution is 5.83. The smallest absolute Gasteiger partial charge is 0.309 e. The van der Waals surface area contributed by atoms with Gasteiger partial charge in [0.25, 0.3) is 0 Å². The summed E-state index contributed by atoms with van der Waals surface area (Å²) in [5.74, 6) is -2.60. The summed E-state index contributed by atoms with van der Waals surface area (Å²) in [7, 11) is 5.34. The van der Waals surface area contributed by atoms with E-state index in [0.29, 0.717) is 6.42 Å². The first-order valence-corrected chi connectivity index (χ1v) is 6.57. The second kappa shape index (κ2) is 8.93. The van der Waals surface area contributed by atoms with Crippen LogP contribution in [0, 0.1) is 23.7 Å². The fourth-order valence-corrected chi connectivity index (χ4v) is 2.84. The highest BCUT2D eigenvalue weighted by Crippen LogP contribution is 2.43. The van der Waals surface area contributed by atoms with Crippen molar-refractivity contribution in [3.05, 3.63) is 0 Å². The minimum atomic E-state index is -0.664. The van der Waals surface area contributed by atoms with Gasteiger partial charge in [0.1, 0.15) is 0 Å². The quantitative estimate of drug-likeness (QED) is 0.361. The van der Waals surface area contributed by atoms with Crippen molar-refractivity contribution in [2.24, 2.45) is 23.7 Å². The molecule has 4 atom stereocenters. The van der Waals surface area contributed by atoms with E-state index in [9.17, 15) is 9.59 Å². The topological polar surface area (TPSA) is 89.5 Å². The van der Waals surface area contributed by atoms with Gasteiger partial charge < -0.3 is 9.47 Å². The van der Waals surface area contributed by atoms with Gasteiger partial charge in [0, 0.05) is 5.92 Å². The van der Waals surface area contributed by atoms with Gasteiger partial charge in [-0.05, 0) is 12.3 Å². The Morgan fingerprint density at radius 3 is 2.00 bits per heavy atom. The largest absolute Gasteiger partial charge is 0.469 e. The third-order valence-electron chi connectivity index (χ3n) is 3.81. The van der Waals surface area contributed by atoms with Crippen molar-refractivity contribution in [3.63, 3.8) is 0 Å². The van der Waals surface area contributed by atoms with Crippen LogP contribution in [-0.2, 0) is 38.6 Å². The summed E-state index contributed by atoms with van der Waals surface area (Å²) < 4.78 is 9.58. The van der Waals surface area contributed by atoms with E-state index < -0.39 is 23.8 Å². The summed E-state index contributed by atoms with van der Waals surface area (Å²) >= 11 is 0. The summed E-state index contributed by atoms with van der Waals surface area (Å²) in [5.41, 5.74) is 0.